The summed E-state index contributed by atoms with van der Waals surface area (Å²) in [6.07, 6.45) is 0.148. The van der Waals surface area contributed by atoms with Gasteiger partial charge < -0.3 is 10.1 Å². The molecule has 1 amide bonds. The number of hydrogen-bond acceptors (Lipinski definition) is 3. The van der Waals surface area contributed by atoms with E-state index in [-0.39, 0.29) is 0 Å². The van der Waals surface area contributed by atoms with Gasteiger partial charge in [-0.25, -0.2) is 4.79 Å². The van der Waals surface area contributed by atoms with Crippen molar-refractivity contribution in [3.63, 3.8) is 0 Å². The molecule has 0 heterocycles. The minimum Gasteiger partial charge on any atom is -0.444 e. The Morgan fingerprint density at radius 2 is 1.95 bits per heavy atom. The van der Waals surface area contributed by atoms with Gasteiger partial charge in [0.25, 0.3) is 0 Å². The van der Waals surface area contributed by atoms with Crippen LogP contribution < -0.4 is 5.32 Å². The molecule has 0 unspecified atom stereocenters. The summed E-state index contributed by atoms with van der Waals surface area (Å²) in [6, 6.07) is 13.9. The van der Waals surface area contributed by atoms with Gasteiger partial charge >= 0.3 is 6.09 Å². The third-order valence-electron chi connectivity index (χ3n) is 3.20. The molecule has 0 atom stereocenters. The van der Waals surface area contributed by atoms with Gasteiger partial charge in [0.05, 0.1) is 11.6 Å². The number of rotatable bonds is 3. The third-order valence-corrected chi connectivity index (χ3v) is 3.20. The van der Waals surface area contributed by atoms with E-state index in [2.05, 4.69) is 11.4 Å². The lowest BCUT2D eigenvalue weighted by Gasteiger charge is -2.19. The van der Waals surface area contributed by atoms with E-state index in [0.29, 0.717) is 18.5 Å². The summed E-state index contributed by atoms with van der Waals surface area (Å²) in [6.45, 7) is 5.90. The number of nitrogens with one attached hydrogen (secondary N) is 1. The van der Waals surface area contributed by atoms with Crippen LogP contribution in [0.5, 0.6) is 0 Å². The second-order valence-electron chi connectivity index (χ2n) is 6.10. The number of carbonyl (C=O) groups is 1. The van der Waals surface area contributed by atoms with Crippen molar-refractivity contribution in [2.45, 2.75) is 32.8 Å². The summed E-state index contributed by atoms with van der Waals surface area (Å²) in [5.41, 5.74) is 1.09. The van der Waals surface area contributed by atoms with E-state index >= 15 is 0 Å². The van der Waals surface area contributed by atoms with Crippen LogP contribution in [0.4, 0.5) is 4.79 Å². The van der Waals surface area contributed by atoms with Gasteiger partial charge in [-0.3, -0.25) is 0 Å². The first-order valence-corrected chi connectivity index (χ1v) is 7.28. The van der Waals surface area contributed by atoms with Gasteiger partial charge in [0.1, 0.15) is 5.60 Å². The SMILES string of the molecule is CC(C)(C)OC(=O)NCCc1c(C#N)ccc2ccccc12. The number of ether oxygens (including phenoxy) is 1. The van der Waals surface area contributed by atoms with Crippen LogP contribution in [0.25, 0.3) is 10.8 Å². The summed E-state index contributed by atoms with van der Waals surface area (Å²) in [5, 5.41) is 14.2. The van der Waals surface area contributed by atoms with Crippen LogP contribution in [-0.2, 0) is 11.2 Å². The highest BCUT2D eigenvalue weighted by Crippen LogP contribution is 2.22. The maximum Gasteiger partial charge on any atom is 0.407 e. The van der Waals surface area contributed by atoms with Gasteiger partial charge in [-0.2, -0.15) is 5.26 Å². The molecule has 0 radical (unpaired) electrons. The molecule has 0 aliphatic heterocycles. The molecule has 2 aromatic rings. The Labute approximate surface area is 130 Å². The van der Waals surface area contributed by atoms with Gasteiger partial charge in [0.2, 0.25) is 0 Å². The van der Waals surface area contributed by atoms with Crippen molar-refractivity contribution >= 4 is 16.9 Å². The van der Waals surface area contributed by atoms with Gasteiger partial charge in [0.15, 0.2) is 0 Å². The number of nitrogens with zero attached hydrogens (tertiary/aromatic N) is 1. The van der Waals surface area contributed by atoms with Crippen LogP contribution in [-0.4, -0.2) is 18.2 Å². The molecule has 0 saturated heterocycles. The largest absolute Gasteiger partial charge is 0.444 e. The van der Waals surface area contributed by atoms with Gasteiger partial charge in [-0.05, 0) is 49.6 Å². The highest BCUT2D eigenvalue weighted by atomic mass is 16.6. The van der Waals surface area contributed by atoms with Crippen LogP contribution in [0.2, 0.25) is 0 Å². The van der Waals surface area contributed by atoms with Crippen LogP contribution in [0.1, 0.15) is 31.9 Å². The van der Waals surface area contributed by atoms with E-state index in [1.54, 1.807) is 0 Å². The average Bonchev–Trinajstić information content (AvgIpc) is 2.45. The number of amides is 1. The summed E-state index contributed by atoms with van der Waals surface area (Å²) >= 11 is 0. The van der Waals surface area contributed by atoms with Crippen molar-refractivity contribution < 1.29 is 9.53 Å². The number of alkyl carbamates (subject to hydrolysis) is 1. The maximum absolute atomic E-state index is 11.7. The van der Waals surface area contributed by atoms with Gasteiger partial charge in [0, 0.05) is 6.54 Å². The first-order valence-electron chi connectivity index (χ1n) is 7.28. The molecule has 0 saturated carbocycles. The predicted molar refractivity (Wildman–Crippen MR) is 86.6 cm³/mol. The molecule has 0 aromatic heterocycles. The Hall–Kier alpha value is -2.54. The third kappa shape index (κ3) is 3.98. The van der Waals surface area contributed by atoms with Crippen molar-refractivity contribution in [3.8, 4) is 6.07 Å². The molecule has 4 nitrogen and oxygen atoms in total. The minimum absolute atomic E-state index is 0.428. The maximum atomic E-state index is 11.7. The standard InChI is InChI=1S/C18H20N2O2/c1-18(2,3)22-17(21)20-11-10-16-14(12-19)9-8-13-6-4-5-7-15(13)16/h4-9H,10-11H2,1-3H3,(H,20,21). The van der Waals surface area contributed by atoms with E-state index in [0.717, 1.165) is 16.3 Å². The lowest BCUT2D eigenvalue weighted by molar-refractivity contribution is 0.0528. The summed E-state index contributed by atoms with van der Waals surface area (Å²) < 4.78 is 5.20. The Morgan fingerprint density at radius 1 is 1.23 bits per heavy atom. The molecule has 0 fully saturated rings. The van der Waals surface area contributed by atoms with Crippen molar-refractivity contribution in [1.82, 2.24) is 5.32 Å². The average molecular weight is 296 g/mol. The number of fused-ring (bicyclic) bond motifs is 1. The van der Waals surface area contributed by atoms with Gasteiger partial charge in [-0.15, -0.1) is 0 Å². The molecule has 0 bridgehead atoms. The zero-order valence-electron chi connectivity index (χ0n) is 13.1. The molecule has 2 aromatic carbocycles. The molecule has 0 aliphatic rings. The van der Waals surface area contributed by atoms with E-state index < -0.39 is 11.7 Å². The van der Waals surface area contributed by atoms with Crippen LogP contribution in [0, 0.1) is 11.3 Å². The molecular formula is C18H20N2O2. The number of carbonyl (C=O) groups excluding carboxylic acids is 1. The number of benzene rings is 2. The van der Waals surface area contributed by atoms with E-state index in [1.165, 1.54) is 0 Å². The fourth-order valence-electron chi connectivity index (χ4n) is 2.31. The summed E-state index contributed by atoms with van der Waals surface area (Å²) in [7, 11) is 0. The first-order chi connectivity index (χ1) is 10.4. The van der Waals surface area contributed by atoms with Crippen molar-refractivity contribution in [2.24, 2.45) is 0 Å². The first kappa shape index (κ1) is 15.8. The molecule has 22 heavy (non-hydrogen) atoms. The smallest absolute Gasteiger partial charge is 0.407 e. The zero-order chi connectivity index (χ0) is 16.2. The Balaban J connectivity index is 2.11. The quantitative estimate of drug-likeness (QED) is 0.937. The zero-order valence-corrected chi connectivity index (χ0v) is 13.1. The fraction of sp³-hybridized carbons (Fsp3) is 0.333. The second kappa shape index (κ2) is 6.48. The normalized spacial score (nSPS) is 11.0. The number of nitriles is 1. The van der Waals surface area contributed by atoms with E-state index in [9.17, 15) is 10.1 Å². The fourth-order valence-corrected chi connectivity index (χ4v) is 2.31. The van der Waals surface area contributed by atoms with Crippen molar-refractivity contribution in [2.75, 3.05) is 6.54 Å². The molecule has 2 rings (SSSR count). The monoisotopic (exact) mass is 296 g/mol. The Bertz CT molecular complexity index is 724. The van der Waals surface area contributed by atoms with E-state index in [4.69, 9.17) is 4.74 Å². The predicted octanol–water partition coefficient (Wildman–Crippen LogP) is 3.78. The molecule has 0 spiro atoms. The number of hydrogen-bond donors (Lipinski definition) is 1. The minimum atomic E-state index is -0.513. The van der Waals surface area contributed by atoms with Gasteiger partial charge in [-0.1, -0.05) is 30.3 Å². The molecule has 0 aliphatic carbocycles. The highest BCUT2D eigenvalue weighted by Gasteiger charge is 2.16. The summed E-state index contributed by atoms with van der Waals surface area (Å²) in [5.74, 6) is 0. The van der Waals surface area contributed by atoms with Crippen LogP contribution in [0.15, 0.2) is 36.4 Å². The lowest BCUT2D eigenvalue weighted by Crippen LogP contribution is -2.33. The van der Waals surface area contributed by atoms with Crippen molar-refractivity contribution in [1.29, 1.82) is 5.26 Å². The highest BCUT2D eigenvalue weighted by molar-refractivity contribution is 5.87. The van der Waals surface area contributed by atoms with Crippen LogP contribution in [0.3, 0.4) is 0 Å². The second-order valence-corrected chi connectivity index (χ2v) is 6.10. The topological polar surface area (TPSA) is 62.1 Å². The molecule has 114 valence electrons. The van der Waals surface area contributed by atoms with E-state index in [1.807, 2.05) is 57.2 Å². The lowest BCUT2D eigenvalue weighted by atomic mass is 9.97. The molecule has 4 heteroatoms. The Kier molecular flexibility index (Phi) is 4.67. The van der Waals surface area contributed by atoms with Crippen LogP contribution >= 0.6 is 0 Å². The molecule has 1 N–H and O–H groups in total. The van der Waals surface area contributed by atoms with Crippen molar-refractivity contribution in [3.05, 3.63) is 47.5 Å². The Morgan fingerprint density at radius 3 is 2.64 bits per heavy atom. The molecular weight excluding hydrogens is 276 g/mol. The summed E-state index contributed by atoms with van der Waals surface area (Å²) in [4.78, 5) is 11.7.